The number of benzene rings is 1. The zero-order chi connectivity index (χ0) is 13.3. The molecule has 0 spiro atoms. The normalized spacial score (nSPS) is 10.6. The van der Waals surface area contributed by atoms with E-state index in [0.717, 1.165) is 0 Å². The van der Waals surface area contributed by atoms with E-state index in [1.807, 2.05) is 0 Å². The van der Waals surface area contributed by atoms with Crippen LogP contribution in [0.5, 0.6) is 0 Å². The summed E-state index contributed by atoms with van der Waals surface area (Å²) in [6.45, 7) is 1.95. The van der Waals surface area contributed by atoms with Gasteiger partial charge in [-0.2, -0.15) is 0 Å². The van der Waals surface area contributed by atoms with Gasteiger partial charge >= 0.3 is 0 Å². The SMILES string of the molecule is Cc1cc(Br)c(-n2cc(CN)nn2)cc1[N+](=O)[O-]. The van der Waals surface area contributed by atoms with Crippen LogP contribution in [0.15, 0.2) is 22.8 Å². The monoisotopic (exact) mass is 311 g/mol. The van der Waals surface area contributed by atoms with Crippen LogP contribution in [0.3, 0.4) is 0 Å². The Balaban J connectivity index is 2.56. The van der Waals surface area contributed by atoms with E-state index >= 15 is 0 Å². The molecule has 0 radical (unpaired) electrons. The van der Waals surface area contributed by atoms with Gasteiger partial charge in [0.1, 0.15) is 0 Å². The predicted molar refractivity (Wildman–Crippen MR) is 68.3 cm³/mol. The molecule has 1 aromatic carbocycles. The molecule has 0 aliphatic heterocycles. The first kappa shape index (κ1) is 12.7. The van der Waals surface area contributed by atoms with Crippen molar-refractivity contribution in [1.29, 1.82) is 0 Å². The average molecular weight is 312 g/mol. The van der Waals surface area contributed by atoms with E-state index in [2.05, 4.69) is 26.2 Å². The lowest BCUT2D eigenvalue weighted by molar-refractivity contribution is -0.385. The van der Waals surface area contributed by atoms with Gasteiger partial charge in [-0.25, -0.2) is 4.68 Å². The van der Waals surface area contributed by atoms with Crippen molar-refractivity contribution in [1.82, 2.24) is 15.0 Å². The molecule has 2 aromatic rings. The van der Waals surface area contributed by atoms with E-state index in [4.69, 9.17) is 5.73 Å². The molecule has 0 fully saturated rings. The Morgan fingerprint density at radius 2 is 2.28 bits per heavy atom. The molecule has 94 valence electrons. The number of nitrogens with two attached hydrogens (primary N) is 1. The van der Waals surface area contributed by atoms with Crippen molar-refractivity contribution in [2.24, 2.45) is 5.73 Å². The molecule has 2 rings (SSSR count). The van der Waals surface area contributed by atoms with Crippen molar-refractivity contribution in [2.45, 2.75) is 13.5 Å². The molecular formula is C10H10BrN5O2. The molecule has 0 bridgehead atoms. The molecule has 7 nitrogen and oxygen atoms in total. The maximum absolute atomic E-state index is 10.9. The Kier molecular flexibility index (Phi) is 3.39. The lowest BCUT2D eigenvalue weighted by atomic mass is 10.2. The second-order valence-corrected chi connectivity index (χ2v) is 4.56. The molecule has 0 unspecified atom stereocenters. The minimum Gasteiger partial charge on any atom is -0.325 e. The van der Waals surface area contributed by atoms with Gasteiger partial charge in [-0.3, -0.25) is 10.1 Å². The second kappa shape index (κ2) is 4.83. The summed E-state index contributed by atoms with van der Waals surface area (Å²) in [4.78, 5) is 10.5. The number of rotatable bonds is 3. The molecule has 8 heteroatoms. The Morgan fingerprint density at radius 3 is 2.83 bits per heavy atom. The zero-order valence-corrected chi connectivity index (χ0v) is 11.1. The van der Waals surface area contributed by atoms with Gasteiger partial charge in [0.05, 0.1) is 22.5 Å². The highest BCUT2D eigenvalue weighted by Gasteiger charge is 2.16. The molecule has 18 heavy (non-hydrogen) atoms. The number of nitrogens with zero attached hydrogens (tertiary/aromatic N) is 4. The van der Waals surface area contributed by atoms with Gasteiger partial charge in [0.2, 0.25) is 0 Å². The van der Waals surface area contributed by atoms with Crippen LogP contribution in [-0.4, -0.2) is 19.9 Å². The highest BCUT2D eigenvalue weighted by molar-refractivity contribution is 9.10. The number of hydrogen-bond donors (Lipinski definition) is 1. The van der Waals surface area contributed by atoms with E-state index in [9.17, 15) is 10.1 Å². The van der Waals surface area contributed by atoms with Crippen LogP contribution < -0.4 is 5.73 Å². The van der Waals surface area contributed by atoms with Crippen molar-refractivity contribution < 1.29 is 4.92 Å². The molecule has 1 heterocycles. The molecule has 2 N–H and O–H groups in total. The summed E-state index contributed by atoms with van der Waals surface area (Å²) >= 11 is 3.36. The Labute approximate surface area is 111 Å². The third-order valence-corrected chi connectivity index (χ3v) is 3.09. The predicted octanol–water partition coefficient (Wildman–Crippen LogP) is 1.71. The highest BCUT2D eigenvalue weighted by Crippen LogP contribution is 2.29. The van der Waals surface area contributed by atoms with Crippen LogP contribution in [0.25, 0.3) is 5.69 Å². The molecule has 0 atom stereocenters. The van der Waals surface area contributed by atoms with Crippen LogP contribution in [-0.2, 0) is 6.54 Å². The summed E-state index contributed by atoms with van der Waals surface area (Å²) in [6, 6.07) is 3.13. The highest BCUT2D eigenvalue weighted by atomic mass is 79.9. The average Bonchev–Trinajstić information content (AvgIpc) is 2.77. The van der Waals surface area contributed by atoms with E-state index in [0.29, 0.717) is 21.4 Å². The largest absolute Gasteiger partial charge is 0.325 e. The lowest BCUT2D eigenvalue weighted by Gasteiger charge is -2.05. The second-order valence-electron chi connectivity index (χ2n) is 3.71. The number of halogens is 1. The number of aromatic nitrogens is 3. The first-order valence-electron chi connectivity index (χ1n) is 5.09. The van der Waals surface area contributed by atoms with Gasteiger partial charge in [-0.15, -0.1) is 5.10 Å². The van der Waals surface area contributed by atoms with Crippen LogP contribution in [0, 0.1) is 17.0 Å². The fourth-order valence-electron chi connectivity index (χ4n) is 1.53. The molecular weight excluding hydrogens is 302 g/mol. The van der Waals surface area contributed by atoms with Crippen LogP contribution in [0.2, 0.25) is 0 Å². The molecule has 0 saturated carbocycles. The summed E-state index contributed by atoms with van der Waals surface area (Å²) in [6.07, 6.45) is 1.64. The summed E-state index contributed by atoms with van der Waals surface area (Å²) in [5.41, 5.74) is 7.24. The van der Waals surface area contributed by atoms with Gasteiger partial charge in [0, 0.05) is 22.6 Å². The van der Waals surface area contributed by atoms with Crippen molar-refractivity contribution in [3.8, 4) is 5.69 Å². The Bertz CT molecular complexity index is 610. The lowest BCUT2D eigenvalue weighted by Crippen LogP contribution is -2.00. The van der Waals surface area contributed by atoms with Gasteiger partial charge in [-0.1, -0.05) is 5.21 Å². The van der Waals surface area contributed by atoms with Crippen LogP contribution >= 0.6 is 15.9 Å². The maximum Gasteiger partial charge on any atom is 0.274 e. The maximum atomic E-state index is 10.9. The van der Waals surface area contributed by atoms with E-state index in [1.54, 1.807) is 19.2 Å². The van der Waals surface area contributed by atoms with Gasteiger partial charge < -0.3 is 5.73 Å². The van der Waals surface area contributed by atoms with Gasteiger partial charge in [-0.05, 0) is 28.9 Å². The van der Waals surface area contributed by atoms with Crippen molar-refractivity contribution >= 4 is 21.6 Å². The quantitative estimate of drug-likeness (QED) is 0.687. The van der Waals surface area contributed by atoms with Crippen molar-refractivity contribution in [3.63, 3.8) is 0 Å². The smallest absolute Gasteiger partial charge is 0.274 e. The third-order valence-electron chi connectivity index (χ3n) is 2.46. The van der Waals surface area contributed by atoms with E-state index < -0.39 is 4.92 Å². The number of hydrogen-bond acceptors (Lipinski definition) is 5. The number of nitro groups is 1. The van der Waals surface area contributed by atoms with Gasteiger partial charge in [0.25, 0.3) is 5.69 Å². The van der Waals surface area contributed by atoms with Gasteiger partial charge in [0.15, 0.2) is 0 Å². The Morgan fingerprint density at radius 1 is 1.56 bits per heavy atom. The van der Waals surface area contributed by atoms with Crippen molar-refractivity contribution in [2.75, 3.05) is 0 Å². The van der Waals surface area contributed by atoms with E-state index in [-0.39, 0.29) is 12.2 Å². The topological polar surface area (TPSA) is 99.9 Å². The first-order chi connectivity index (χ1) is 8.52. The summed E-state index contributed by atoms with van der Waals surface area (Å²) in [5.74, 6) is 0. The minimum atomic E-state index is -0.425. The summed E-state index contributed by atoms with van der Waals surface area (Å²) < 4.78 is 2.16. The minimum absolute atomic E-state index is 0.0398. The fourth-order valence-corrected chi connectivity index (χ4v) is 2.17. The van der Waals surface area contributed by atoms with Crippen molar-refractivity contribution in [3.05, 3.63) is 44.2 Å². The molecule has 0 aliphatic carbocycles. The zero-order valence-electron chi connectivity index (χ0n) is 9.50. The fraction of sp³-hybridized carbons (Fsp3) is 0.200. The Hall–Kier alpha value is -1.80. The van der Waals surface area contributed by atoms with Crippen LogP contribution in [0.1, 0.15) is 11.3 Å². The molecule has 0 saturated heterocycles. The first-order valence-corrected chi connectivity index (χ1v) is 5.88. The molecule has 0 aliphatic rings. The number of aryl methyl sites for hydroxylation is 1. The van der Waals surface area contributed by atoms with E-state index in [1.165, 1.54) is 10.7 Å². The standard InChI is InChI=1S/C10H10BrN5O2/c1-6-2-8(11)10(3-9(6)16(17)18)15-5-7(4-12)13-14-15/h2-3,5H,4,12H2,1H3. The summed E-state index contributed by atoms with van der Waals surface area (Å²) in [5, 5.41) is 18.6. The third kappa shape index (κ3) is 2.24. The summed E-state index contributed by atoms with van der Waals surface area (Å²) in [7, 11) is 0. The molecule has 0 amide bonds. The molecule has 1 aromatic heterocycles. The number of nitro benzene ring substituents is 1. The van der Waals surface area contributed by atoms with Crippen LogP contribution in [0.4, 0.5) is 5.69 Å².